The summed E-state index contributed by atoms with van der Waals surface area (Å²) in [6.07, 6.45) is 0.650. The van der Waals surface area contributed by atoms with Gasteiger partial charge >= 0.3 is 6.03 Å². The normalized spacial score (nSPS) is 13.8. The largest absolute Gasteiger partial charge is 0.454 e. The first-order chi connectivity index (χ1) is 15.9. The van der Waals surface area contributed by atoms with Gasteiger partial charge < -0.3 is 20.1 Å². The zero-order chi connectivity index (χ0) is 23.4. The van der Waals surface area contributed by atoms with Gasteiger partial charge in [0.05, 0.1) is 0 Å². The molecule has 1 aliphatic heterocycles. The third-order valence-electron chi connectivity index (χ3n) is 5.14. The Morgan fingerprint density at radius 1 is 1.12 bits per heavy atom. The maximum atomic E-state index is 13.4. The lowest BCUT2D eigenvalue weighted by Gasteiger charge is -2.23. The number of halogens is 1. The summed E-state index contributed by atoms with van der Waals surface area (Å²) in [5, 5.41) is 17.0. The molecule has 33 heavy (non-hydrogen) atoms. The van der Waals surface area contributed by atoms with E-state index in [1.807, 2.05) is 19.9 Å². The molecule has 3 N–H and O–H groups in total. The lowest BCUT2D eigenvalue weighted by molar-refractivity contribution is -0.119. The van der Waals surface area contributed by atoms with Gasteiger partial charge in [-0.15, -0.1) is 10.2 Å². The highest BCUT2D eigenvalue weighted by atomic mass is 32.1. The fourth-order valence-electron chi connectivity index (χ4n) is 3.18. The summed E-state index contributed by atoms with van der Waals surface area (Å²) >= 11 is 1.20. The molecule has 3 amide bonds. The highest BCUT2D eigenvalue weighted by Gasteiger charge is 2.27. The molecule has 0 saturated heterocycles. The monoisotopic (exact) mass is 471 g/mol. The first kappa shape index (κ1) is 22.5. The molecule has 11 heteroatoms. The van der Waals surface area contributed by atoms with Gasteiger partial charge in [0.2, 0.25) is 17.8 Å². The number of ether oxygens (including phenoxy) is 2. The Kier molecular flexibility index (Phi) is 6.68. The molecular formula is C22H22FN5O4S. The van der Waals surface area contributed by atoms with Crippen LogP contribution in [-0.4, -0.2) is 35.0 Å². The Bertz CT molecular complexity index is 1170. The van der Waals surface area contributed by atoms with Crippen LogP contribution in [0.4, 0.5) is 20.0 Å². The van der Waals surface area contributed by atoms with Crippen molar-refractivity contribution in [1.82, 2.24) is 15.5 Å². The van der Waals surface area contributed by atoms with Crippen molar-refractivity contribution in [3.05, 3.63) is 48.3 Å². The highest BCUT2D eigenvalue weighted by Crippen LogP contribution is 2.37. The van der Waals surface area contributed by atoms with Crippen LogP contribution in [0.15, 0.2) is 42.5 Å². The Labute approximate surface area is 193 Å². The van der Waals surface area contributed by atoms with Gasteiger partial charge in [0, 0.05) is 11.3 Å². The fourth-order valence-corrected chi connectivity index (χ4v) is 3.92. The number of hydrogen-bond donors (Lipinski definition) is 3. The number of nitrogens with one attached hydrogen (secondary N) is 3. The van der Waals surface area contributed by atoms with Crippen LogP contribution >= 0.6 is 11.3 Å². The number of hydrogen-bond acceptors (Lipinski definition) is 7. The van der Waals surface area contributed by atoms with E-state index in [-0.39, 0.29) is 18.4 Å². The zero-order valence-electron chi connectivity index (χ0n) is 17.9. The average molecular weight is 472 g/mol. The molecule has 2 heterocycles. The van der Waals surface area contributed by atoms with Crippen molar-refractivity contribution in [3.63, 3.8) is 0 Å². The molecule has 2 unspecified atom stereocenters. The molecule has 0 fully saturated rings. The minimum atomic E-state index is -0.832. The topological polar surface area (TPSA) is 114 Å². The molecule has 9 nitrogen and oxygen atoms in total. The number of carbonyl (C=O) groups excluding carboxylic acids is 2. The van der Waals surface area contributed by atoms with Crippen molar-refractivity contribution in [3.8, 4) is 22.1 Å². The summed E-state index contributed by atoms with van der Waals surface area (Å²) in [6.45, 7) is 3.94. The maximum absolute atomic E-state index is 13.4. The first-order valence-electron chi connectivity index (χ1n) is 10.3. The van der Waals surface area contributed by atoms with Crippen molar-refractivity contribution in [1.29, 1.82) is 0 Å². The van der Waals surface area contributed by atoms with Crippen LogP contribution in [0.3, 0.4) is 0 Å². The van der Waals surface area contributed by atoms with Gasteiger partial charge in [-0.3, -0.25) is 10.1 Å². The Morgan fingerprint density at radius 3 is 2.73 bits per heavy atom. The van der Waals surface area contributed by atoms with Crippen LogP contribution in [0.5, 0.6) is 11.5 Å². The van der Waals surface area contributed by atoms with E-state index in [9.17, 15) is 14.0 Å². The number of fused-ring (bicyclic) bond motifs is 1. The lowest BCUT2D eigenvalue weighted by Crippen LogP contribution is -2.49. The van der Waals surface area contributed by atoms with E-state index in [0.29, 0.717) is 28.1 Å². The van der Waals surface area contributed by atoms with Gasteiger partial charge in [-0.2, -0.15) is 0 Å². The number of carbonyl (C=O) groups is 2. The van der Waals surface area contributed by atoms with E-state index in [4.69, 9.17) is 9.47 Å². The summed E-state index contributed by atoms with van der Waals surface area (Å²) in [4.78, 5) is 25.4. The zero-order valence-corrected chi connectivity index (χ0v) is 18.7. The molecule has 2 aromatic carbocycles. The number of rotatable bonds is 7. The number of urea groups is 1. The molecular weight excluding hydrogens is 449 g/mol. The minimum Gasteiger partial charge on any atom is -0.454 e. The molecule has 0 aliphatic carbocycles. The summed E-state index contributed by atoms with van der Waals surface area (Å²) in [6, 6.07) is 9.48. The molecule has 3 aromatic rings. The quantitative estimate of drug-likeness (QED) is 0.475. The van der Waals surface area contributed by atoms with Gasteiger partial charge in [-0.05, 0) is 42.3 Å². The third-order valence-corrected chi connectivity index (χ3v) is 6.03. The Morgan fingerprint density at radius 2 is 1.94 bits per heavy atom. The van der Waals surface area contributed by atoms with Crippen LogP contribution in [0.1, 0.15) is 20.3 Å². The molecule has 1 aromatic heterocycles. The second kappa shape index (κ2) is 9.82. The number of aromatic nitrogens is 2. The van der Waals surface area contributed by atoms with Crippen LogP contribution < -0.4 is 25.4 Å². The predicted octanol–water partition coefficient (Wildman–Crippen LogP) is 4.25. The smallest absolute Gasteiger partial charge is 0.319 e. The van der Waals surface area contributed by atoms with E-state index < -0.39 is 23.8 Å². The molecule has 0 spiro atoms. The van der Waals surface area contributed by atoms with E-state index in [1.165, 1.54) is 29.5 Å². The standard InChI is InChI=1S/C22H22FN5O4S/c1-3-12(2)18(25-21(30)24-15-6-4-5-14(23)10-15)19(29)26-22-28-27-20(33-22)13-7-8-16-17(9-13)32-11-31-16/h4-10,12,18H,3,11H2,1-2H3,(H2,24,25,30)(H,26,28,29). The number of anilines is 2. The van der Waals surface area contributed by atoms with Crippen molar-refractivity contribution < 1.29 is 23.5 Å². The summed E-state index contributed by atoms with van der Waals surface area (Å²) in [7, 11) is 0. The SMILES string of the molecule is CCC(C)C(NC(=O)Nc1cccc(F)c1)C(=O)Nc1nnc(-c2ccc3c(c2)OCO3)s1. The highest BCUT2D eigenvalue weighted by molar-refractivity contribution is 7.18. The molecule has 1 aliphatic rings. The second-order valence-electron chi connectivity index (χ2n) is 7.44. The molecule has 0 bridgehead atoms. The van der Waals surface area contributed by atoms with E-state index in [0.717, 1.165) is 5.56 Å². The van der Waals surface area contributed by atoms with E-state index in [1.54, 1.807) is 18.2 Å². The molecule has 4 rings (SSSR count). The number of amides is 3. The third kappa shape index (κ3) is 5.37. The van der Waals surface area contributed by atoms with Gasteiger partial charge in [0.15, 0.2) is 11.5 Å². The van der Waals surface area contributed by atoms with Gasteiger partial charge in [0.1, 0.15) is 16.9 Å². The molecule has 172 valence electrons. The fraction of sp³-hybridized carbons (Fsp3) is 0.273. The molecule has 2 atom stereocenters. The van der Waals surface area contributed by atoms with Crippen molar-refractivity contribution in [2.75, 3.05) is 17.4 Å². The lowest BCUT2D eigenvalue weighted by atomic mass is 9.98. The predicted molar refractivity (Wildman–Crippen MR) is 122 cm³/mol. The van der Waals surface area contributed by atoms with Gasteiger partial charge in [0.25, 0.3) is 0 Å². The van der Waals surface area contributed by atoms with Crippen LogP contribution in [0.2, 0.25) is 0 Å². The second-order valence-corrected chi connectivity index (χ2v) is 8.42. The van der Waals surface area contributed by atoms with Gasteiger partial charge in [-0.1, -0.05) is 37.7 Å². The van der Waals surface area contributed by atoms with E-state index >= 15 is 0 Å². The summed E-state index contributed by atoms with van der Waals surface area (Å²) in [5.41, 5.74) is 1.07. The maximum Gasteiger partial charge on any atom is 0.319 e. The van der Waals surface area contributed by atoms with Crippen molar-refractivity contribution in [2.45, 2.75) is 26.3 Å². The average Bonchev–Trinajstić information content (AvgIpc) is 3.45. The van der Waals surface area contributed by atoms with Crippen molar-refractivity contribution >= 4 is 34.1 Å². The summed E-state index contributed by atoms with van der Waals surface area (Å²) < 4.78 is 24.1. The summed E-state index contributed by atoms with van der Waals surface area (Å²) in [5.74, 6) is 0.226. The van der Waals surface area contributed by atoms with Gasteiger partial charge in [-0.25, -0.2) is 9.18 Å². The van der Waals surface area contributed by atoms with Crippen LogP contribution in [-0.2, 0) is 4.79 Å². The first-order valence-corrected chi connectivity index (χ1v) is 11.1. The minimum absolute atomic E-state index is 0.162. The van der Waals surface area contributed by atoms with Crippen LogP contribution in [0, 0.1) is 11.7 Å². The number of benzene rings is 2. The number of nitrogens with zero attached hydrogens (tertiary/aromatic N) is 2. The Balaban J connectivity index is 1.42. The van der Waals surface area contributed by atoms with Crippen molar-refractivity contribution in [2.24, 2.45) is 5.92 Å². The van der Waals surface area contributed by atoms with Crippen LogP contribution in [0.25, 0.3) is 10.6 Å². The molecule has 0 saturated carbocycles. The van der Waals surface area contributed by atoms with E-state index in [2.05, 4.69) is 26.1 Å². The molecule has 0 radical (unpaired) electrons. The Hall–Kier alpha value is -3.73.